The molecule has 0 bridgehead atoms. The average molecular weight is 464 g/mol. The van der Waals surface area contributed by atoms with E-state index in [0.717, 1.165) is 28.0 Å². The first-order chi connectivity index (χ1) is 16.4. The maximum absolute atomic E-state index is 4.66. The third-order valence-corrected chi connectivity index (χ3v) is 7.21. The molecule has 0 aliphatic carbocycles. The molecular formula is C30H29N3S. The van der Waals surface area contributed by atoms with Crippen LogP contribution in [0.4, 0.5) is 0 Å². The molecule has 34 heavy (non-hydrogen) atoms. The highest BCUT2D eigenvalue weighted by Crippen LogP contribution is 2.33. The van der Waals surface area contributed by atoms with Gasteiger partial charge in [-0.1, -0.05) is 117 Å². The molecule has 1 heterocycles. The lowest BCUT2D eigenvalue weighted by Crippen LogP contribution is -2.10. The molecule has 0 fully saturated rings. The molecule has 5 aromatic rings. The number of hydrogen-bond acceptors (Lipinski definition) is 3. The second-order valence-electron chi connectivity index (χ2n) is 9.68. The van der Waals surface area contributed by atoms with Crippen LogP contribution in [0.25, 0.3) is 27.8 Å². The molecule has 0 aliphatic rings. The third kappa shape index (κ3) is 4.38. The van der Waals surface area contributed by atoms with Gasteiger partial charge in [0.05, 0.1) is 5.69 Å². The molecule has 4 aromatic carbocycles. The Hall–Kier alpha value is -3.37. The Morgan fingerprint density at radius 3 is 2.24 bits per heavy atom. The van der Waals surface area contributed by atoms with Gasteiger partial charge in [-0.3, -0.25) is 4.57 Å². The van der Waals surface area contributed by atoms with Crippen molar-refractivity contribution in [3.8, 4) is 17.1 Å². The van der Waals surface area contributed by atoms with Crippen LogP contribution in [0.15, 0.2) is 96.2 Å². The van der Waals surface area contributed by atoms with Gasteiger partial charge in [-0.05, 0) is 45.9 Å². The largest absolute Gasteiger partial charge is 0.270 e. The first kappa shape index (κ1) is 22.4. The minimum Gasteiger partial charge on any atom is -0.270 e. The first-order valence-corrected chi connectivity index (χ1v) is 12.6. The number of rotatable bonds is 5. The molecule has 0 saturated heterocycles. The van der Waals surface area contributed by atoms with E-state index in [4.69, 9.17) is 0 Å². The van der Waals surface area contributed by atoms with Crippen molar-refractivity contribution in [2.45, 2.75) is 44.0 Å². The van der Waals surface area contributed by atoms with E-state index in [-0.39, 0.29) is 5.41 Å². The molecule has 4 heteroatoms. The molecule has 1 aromatic heterocycles. The molecular weight excluding hydrogens is 434 g/mol. The Morgan fingerprint density at radius 2 is 1.47 bits per heavy atom. The fraction of sp³-hybridized carbons (Fsp3) is 0.200. The number of aromatic nitrogens is 3. The maximum atomic E-state index is 4.66. The van der Waals surface area contributed by atoms with Crippen molar-refractivity contribution in [1.29, 1.82) is 0 Å². The molecule has 0 N–H and O–H groups in total. The van der Waals surface area contributed by atoms with Crippen molar-refractivity contribution in [2.24, 2.45) is 0 Å². The third-order valence-electron chi connectivity index (χ3n) is 6.24. The summed E-state index contributed by atoms with van der Waals surface area (Å²) >= 11 is 1.73. The van der Waals surface area contributed by atoms with Gasteiger partial charge in [0.2, 0.25) is 0 Å². The number of benzene rings is 4. The van der Waals surface area contributed by atoms with Crippen LogP contribution in [0, 0.1) is 6.92 Å². The van der Waals surface area contributed by atoms with E-state index in [2.05, 4.69) is 133 Å². The van der Waals surface area contributed by atoms with Crippen LogP contribution in [0.3, 0.4) is 0 Å². The molecule has 3 nitrogen and oxygen atoms in total. The highest BCUT2D eigenvalue weighted by molar-refractivity contribution is 7.98. The molecule has 0 saturated carbocycles. The van der Waals surface area contributed by atoms with Gasteiger partial charge in [0.1, 0.15) is 0 Å². The minimum atomic E-state index is 0.113. The molecule has 0 unspecified atom stereocenters. The Balaban J connectivity index is 1.55. The van der Waals surface area contributed by atoms with Crippen LogP contribution in [0.2, 0.25) is 0 Å². The SMILES string of the molecule is Cc1ccccc1-n1c(SCc2cccc3ccccc23)nnc1-c1ccc(C(C)(C)C)cc1. The molecule has 5 rings (SSSR count). The van der Waals surface area contributed by atoms with Gasteiger partial charge in [0.15, 0.2) is 11.0 Å². The summed E-state index contributed by atoms with van der Waals surface area (Å²) in [5, 5.41) is 12.8. The average Bonchev–Trinajstić information content (AvgIpc) is 3.26. The first-order valence-electron chi connectivity index (χ1n) is 11.6. The molecule has 0 spiro atoms. The van der Waals surface area contributed by atoms with E-state index in [9.17, 15) is 0 Å². The number of nitrogens with zero attached hydrogens (tertiary/aromatic N) is 3. The zero-order valence-corrected chi connectivity index (χ0v) is 20.9. The van der Waals surface area contributed by atoms with E-state index in [1.54, 1.807) is 11.8 Å². The lowest BCUT2D eigenvalue weighted by atomic mass is 9.87. The van der Waals surface area contributed by atoms with Crippen LogP contribution >= 0.6 is 11.8 Å². The van der Waals surface area contributed by atoms with Crippen molar-refractivity contribution >= 4 is 22.5 Å². The van der Waals surface area contributed by atoms with Gasteiger partial charge in [0, 0.05) is 11.3 Å². The highest BCUT2D eigenvalue weighted by Gasteiger charge is 2.19. The fourth-order valence-electron chi connectivity index (χ4n) is 4.26. The van der Waals surface area contributed by atoms with Gasteiger partial charge >= 0.3 is 0 Å². The topological polar surface area (TPSA) is 30.7 Å². The van der Waals surface area contributed by atoms with E-state index in [1.807, 2.05) is 0 Å². The van der Waals surface area contributed by atoms with Crippen LogP contribution in [0.5, 0.6) is 0 Å². The Bertz CT molecular complexity index is 1440. The highest BCUT2D eigenvalue weighted by atomic mass is 32.2. The summed E-state index contributed by atoms with van der Waals surface area (Å²) in [4.78, 5) is 0. The fourth-order valence-corrected chi connectivity index (χ4v) is 5.21. The van der Waals surface area contributed by atoms with Gasteiger partial charge < -0.3 is 0 Å². The number of aryl methyl sites for hydroxylation is 1. The number of thioether (sulfide) groups is 1. The van der Waals surface area contributed by atoms with Crippen molar-refractivity contribution in [2.75, 3.05) is 0 Å². The molecule has 0 aliphatic heterocycles. The smallest absolute Gasteiger partial charge is 0.196 e. The van der Waals surface area contributed by atoms with Gasteiger partial charge in [-0.25, -0.2) is 0 Å². The second-order valence-corrected chi connectivity index (χ2v) is 10.6. The van der Waals surface area contributed by atoms with E-state index in [0.29, 0.717) is 0 Å². The van der Waals surface area contributed by atoms with Crippen molar-refractivity contribution < 1.29 is 0 Å². The Labute approximate surface area is 205 Å². The van der Waals surface area contributed by atoms with E-state index in [1.165, 1.54) is 27.5 Å². The summed E-state index contributed by atoms with van der Waals surface area (Å²) in [6.45, 7) is 8.85. The zero-order chi connectivity index (χ0) is 23.7. The van der Waals surface area contributed by atoms with E-state index >= 15 is 0 Å². The minimum absolute atomic E-state index is 0.113. The standard InChI is InChI=1S/C30H29N3S/c1-21-10-5-8-15-27(21)33-28(23-16-18-25(19-17-23)30(2,3)4)31-32-29(33)34-20-24-13-9-12-22-11-6-7-14-26(22)24/h5-19H,20H2,1-4H3. The van der Waals surface area contributed by atoms with Crippen molar-refractivity contribution in [3.05, 3.63) is 108 Å². The summed E-state index contributed by atoms with van der Waals surface area (Å²) in [5.74, 6) is 1.70. The van der Waals surface area contributed by atoms with Crippen LogP contribution < -0.4 is 0 Å². The summed E-state index contributed by atoms with van der Waals surface area (Å²) in [7, 11) is 0. The summed E-state index contributed by atoms with van der Waals surface area (Å²) in [6.07, 6.45) is 0. The molecule has 0 atom stereocenters. The normalized spacial score (nSPS) is 11.8. The lowest BCUT2D eigenvalue weighted by molar-refractivity contribution is 0.590. The molecule has 0 radical (unpaired) electrons. The van der Waals surface area contributed by atoms with Gasteiger partial charge in [0.25, 0.3) is 0 Å². The number of hydrogen-bond donors (Lipinski definition) is 0. The summed E-state index contributed by atoms with van der Waals surface area (Å²) < 4.78 is 2.21. The molecule has 0 amide bonds. The number of fused-ring (bicyclic) bond motifs is 1. The van der Waals surface area contributed by atoms with E-state index < -0.39 is 0 Å². The second kappa shape index (κ2) is 9.11. The zero-order valence-electron chi connectivity index (χ0n) is 20.1. The number of para-hydroxylation sites is 1. The predicted molar refractivity (Wildman–Crippen MR) is 144 cm³/mol. The van der Waals surface area contributed by atoms with Gasteiger partial charge in [-0.15, -0.1) is 10.2 Å². The summed E-state index contributed by atoms with van der Waals surface area (Å²) in [5.41, 5.74) is 6.11. The van der Waals surface area contributed by atoms with Crippen LogP contribution in [-0.4, -0.2) is 14.8 Å². The monoisotopic (exact) mass is 463 g/mol. The Morgan fingerprint density at radius 1 is 0.765 bits per heavy atom. The Kier molecular flexibility index (Phi) is 6.01. The quantitative estimate of drug-likeness (QED) is 0.248. The van der Waals surface area contributed by atoms with Crippen LogP contribution in [0.1, 0.15) is 37.5 Å². The van der Waals surface area contributed by atoms with Crippen molar-refractivity contribution in [1.82, 2.24) is 14.8 Å². The van der Waals surface area contributed by atoms with Gasteiger partial charge in [-0.2, -0.15) is 0 Å². The van der Waals surface area contributed by atoms with Crippen LogP contribution in [-0.2, 0) is 11.2 Å². The summed E-state index contributed by atoms with van der Waals surface area (Å²) in [6, 6.07) is 32.2. The van der Waals surface area contributed by atoms with Crippen molar-refractivity contribution in [3.63, 3.8) is 0 Å². The maximum Gasteiger partial charge on any atom is 0.196 e. The lowest BCUT2D eigenvalue weighted by Gasteiger charge is -2.19. The predicted octanol–water partition coefficient (Wildman–Crippen LogP) is 7.99. The molecule has 170 valence electrons.